The highest BCUT2D eigenvalue weighted by Gasteiger charge is 2.28. The molecule has 1 heterocycles. The van der Waals surface area contributed by atoms with Gasteiger partial charge in [-0.3, -0.25) is 4.79 Å². The topological polar surface area (TPSA) is 105 Å². The third-order valence-electron chi connectivity index (χ3n) is 6.10. The van der Waals surface area contributed by atoms with Gasteiger partial charge in [0.15, 0.2) is 9.84 Å². The lowest BCUT2D eigenvalue weighted by Gasteiger charge is -2.23. The van der Waals surface area contributed by atoms with Crippen molar-refractivity contribution < 1.29 is 36.6 Å². The van der Waals surface area contributed by atoms with Crippen LogP contribution in [0.1, 0.15) is 38.7 Å². The van der Waals surface area contributed by atoms with E-state index in [1.54, 1.807) is 55.4 Å². The Bertz CT molecular complexity index is 1400. The second-order valence-electron chi connectivity index (χ2n) is 9.19. The van der Waals surface area contributed by atoms with Gasteiger partial charge in [0.05, 0.1) is 6.61 Å². The maximum atomic E-state index is 13.6. The number of nitrogens with one attached hydrogen (secondary N) is 1. The van der Waals surface area contributed by atoms with Gasteiger partial charge in [-0.2, -0.15) is 8.78 Å². The first-order valence-electron chi connectivity index (χ1n) is 12.9. The molecule has 1 aliphatic rings. The number of halogens is 2. The van der Waals surface area contributed by atoms with Crippen molar-refractivity contribution in [2.45, 2.75) is 56.6 Å². The van der Waals surface area contributed by atoms with Crippen LogP contribution in [0, 0.1) is 0 Å². The fraction of sp³-hybridized carbons (Fsp3) is 0.379. The zero-order valence-electron chi connectivity index (χ0n) is 22.7. The molecule has 216 valence electrons. The van der Waals surface area contributed by atoms with Crippen molar-refractivity contribution in [3.63, 3.8) is 0 Å². The Morgan fingerprint density at radius 1 is 1.20 bits per heavy atom. The standard InChI is InChI=1S/C29H34F2N2O6S/c1-4-29(30,31)39-24-10-8-9-22(18-24)32-20-40(36,37)28-15-13-21(17-27(28)38-5-2)12-14-23(34)19-26(35)25-11-6-7-16-33(25)3/h6,8-11,13,15-18,26,32,35H,4-5,12,14,19-20H2,1-3H3. The van der Waals surface area contributed by atoms with Crippen LogP contribution in [0.4, 0.5) is 14.5 Å². The van der Waals surface area contributed by atoms with Crippen molar-refractivity contribution in [2.24, 2.45) is 0 Å². The van der Waals surface area contributed by atoms with E-state index in [-0.39, 0.29) is 41.6 Å². The fourth-order valence-electron chi connectivity index (χ4n) is 3.94. The van der Waals surface area contributed by atoms with E-state index in [0.29, 0.717) is 23.4 Å². The molecule has 2 N–H and O–H groups in total. The maximum absolute atomic E-state index is 13.6. The minimum Gasteiger partial charge on any atom is -0.493 e. The van der Waals surface area contributed by atoms with Crippen LogP contribution in [0.3, 0.4) is 0 Å². The van der Waals surface area contributed by atoms with Crippen LogP contribution < -0.4 is 14.8 Å². The van der Waals surface area contributed by atoms with Gasteiger partial charge in [-0.15, -0.1) is 5.73 Å². The number of hydrogen-bond donors (Lipinski definition) is 2. The van der Waals surface area contributed by atoms with Gasteiger partial charge in [-0.25, -0.2) is 8.42 Å². The van der Waals surface area contributed by atoms with E-state index in [9.17, 15) is 27.1 Å². The molecule has 1 aliphatic heterocycles. The molecule has 0 aliphatic carbocycles. The summed E-state index contributed by atoms with van der Waals surface area (Å²) in [5.41, 5.74) is 4.50. The van der Waals surface area contributed by atoms with Crippen LogP contribution in [-0.4, -0.2) is 56.0 Å². The number of nitrogens with zero attached hydrogens (tertiary/aromatic N) is 1. The molecule has 0 bridgehead atoms. The quantitative estimate of drug-likeness (QED) is 0.284. The van der Waals surface area contributed by atoms with Crippen LogP contribution in [0.15, 0.2) is 77.1 Å². The van der Waals surface area contributed by atoms with Gasteiger partial charge in [0.1, 0.15) is 34.2 Å². The molecule has 3 rings (SSSR count). The highest BCUT2D eigenvalue weighted by Crippen LogP contribution is 2.29. The number of sulfone groups is 1. The molecule has 40 heavy (non-hydrogen) atoms. The summed E-state index contributed by atoms with van der Waals surface area (Å²) in [6, 6.07) is 10.3. The van der Waals surface area contributed by atoms with Gasteiger partial charge in [0.25, 0.3) is 0 Å². The van der Waals surface area contributed by atoms with Crippen molar-refractivity contribution in [1.82, 2.24) is 4.90 Å². The predicted molar refractivity (Wildman–Crippen MR) is 148 cm³/mol. The molecule has 11 heteroatoms. The van der Waals surface area contributed by atoms with Gasteiger partial charge in [0, 0.05) is 50.0 Å². The Morgan fingerprint density at radius 2 is 1.98 bits per heavy atom. The number of alkyl halides is 2. The third kappa shape index (κ3) is 8.67. The molecule has 0 saturated carbocycles. The second kappa shape index (κ2) is 13.6. The number of carbonyl (C=O) groups excluding carboxylic acids is 1. The summed E-state index contributed by atoms with van der Waals surface area (Å²) in [7, 11) is -2.13. The number of aryl methyl sites for hydroxylation is 1. The molecule has 0 saturated heterocycles. The predicted octanol–water partition coefficient (Wildman–Crippen LogP) is 5.06. The molecule has 0 amide bonds. The van der Waals surface area contributed by atoms with Gasteiger partial charge in [-0.05, 0) is 55.3 Å². The minimum atomic E-state index is -3.89. The molecule has 1 atom stereocenters. The van der Waals surface area contributed by atoms with Crippen molar-refractivity contribution in [3.8, 4) is 11.5 Å². The number of Topliss-reactive ketones (excluding diaryl/α,β-unsaturated/α-hetero) is 1. The number of rotatable bonds is 15. The van der Waals surface area contributed by atoms with E-state index >= 15 is 0 Å². The van der Waals surface area contributed by atoms with Crippen LogP contribution in [0.5, 0.6) is 11.5 Å². The number of benzene rings is 2. The molecule has 0 radical (unpaired) electrons. The van der Waals surface area contributed by atoms with Crippen molar-refractivity contribution in [2.75, 3.05) is 24.8 Å². The summed E-state index contributed by atoms with van der Waals surface area (Å²) >= 11 is 0. The first-order valence-corrected chi connectivity index (χ1v) is 14.5. The van der Waals surface area contributed by atoms with Crippen LogP contribution in [0.25, 0.3) is 0 Å². The number of ether oxygens (including phenoxy) is 2. The van der Waals surface area contributed by atoms with E-state index in [0.717, 1.165) is 0 Å². The first kappa shape index (κ1) is 30.9. The Morgan fingerprint density at radius 3 is 2.67 bits per heavy atom. The summed E-state index contributed by atoms with van der Waals surface area (Å²) < 4.78 is 63.7. The lowest BCUT2D eigenvalue weighted by Crippen LogP contribution is -2.25. The average Bonchev–Trinajstić information content (AvgIpc) is 2.91. The average molecular weight is 577 g/mol. The summed E-state index contributed by atoms with van der Waals surface area (Å²) in [4.78, 5) is 14.2. The zero-order valence-corrected chi connectivity index (χ0v) is 23.5. The Balaban J connectivity index is 1.64. The third-order valence-corrected chi connectivity index (χ3v) is 7.63. The summed E-state index contributed by atoms with van der Waals surface area (Å²) in [6.45, 7) is 3.25. The van der Waals surface area contributed by atoms with E-state index in [4.69, 9.17) is 4.74 Å². The fourth-order valence-corrected chi connectivity index (χ4v) is 5.15. The Kier molecular flexibility index (Phi) is 10.5. The van der Waals surface area contributed by atoms with E-state index in [1.165, 1.54) is 31.2 Å². The molecule has 0 fully saturated rings. The van der Waals surface area contributed by atoms with E-state index < -0.39 is 34.3 Å². The van der Waals surface area contributed by atoms with Crippen LogP contribution in [0.2, 0.25) is 0 Å². The Labute approximate surface area is 233 Å². The smallest absolute Gasteiger partial charge is 0.397 e. The number of aliphatic hydroxyl groups excluding tert-OH is 1. The highest BCUT2D eigenvalue weighted by molar-refractivity contribution is 7.91. The molecule has 8 nitrogen and oxygen atoms in total. The number of carbonyl (C=O) groups is 1. The van der Waals surface area contributed by atoms with Gasteiger partial charge >= 0.3 is 6.11 Å². The normalized spacial score (nSPS) is 14.1. The maximum Gasteiger partial charge on any atom is 0.397 e. The first-order chi connectivity index (χ1) is 18.9. The SMILES string of the molecule is CCOc1cc(CCC(=O)CC(O)C2=CC=C=CN2C)ccc1S(=O)(=O)CNc1cccc(OC(F)(F)CC)c1. The Hall–Kier alpha value is -3.66. The van der Waals surface area contributed by atoms with Crippen molar-refractivity contribution in [3.05, 3.63) is 77.8 Å². The van der Waals surface area contributed by atoms with E-state index in [2.05, 4.69) is 15.8 Å². The van der Waals surface area contributed by atoms with Crippen molar-refractivity contribution in [1.29, 1.82) is 0 Å². The summed E-state index contributed by atoms with van der Waals surface area (Å²) in [6.07, 6.45) is 0.725. The molecule has 2 aromatic rings. The molecule has 0 aromatic heterocycles. The second-order valence-corrected chi connectivity index (χ2v) is 11.2. The summed E-state index contributed by atoms with van der Waals surface area (Å²) in [5.74, 6) is -0.582. The van der Waals surface area contributed by atoms with Gasteiger partial charge < -0.3 is 24.8 Å². The minimum absolute atomic E-state index is 0.0364. The largest absolute Gasteiger partial charge is 0.493 e. The van der Waals surface area contributed by atoms with Gasteiger partial charge in [-0.1, -0.05) is 19.1 Å². The number of ketones is 1. The zero-order chi connectivity index (χ0) is 29.3. The lowest BCUT2D eigenvalue weighted by molar-refractivity contribution is -0.177. The monoisotopic (exact) mass is 576 g/mol. The van der Waals surface area contributed by atoms with Crippen molar-refractivity contribution >= 4 is 21.3 Å². The molecule has 0 spiro atoms. The molecule has 2 aromatic carbocycles. The number of hydrogen-bond acceptors (Lipinski definition) is 8. The highest BCUT2D eigenvalue weighted by atomic mass is 32.2. The molecule has 1 unspecified atom stereocenters. The number of aliphatic hydroxyl groups is 1. The summed E-state index contributed by atoms with van der Waals surface area (Å²) in [5, 5.41) is 13.2. The van der Waals surface area contributed by atoms with Crippen LogP contribution >= 0.6 is 0 Å². The van der Waals surface area contributed by atoms with Crippen LogP contribution in [-0.2, 0) is 21.1 Å². The molecular formula is C29H34F2N2O6S. The lowest BCUT2D eigenvalue weighted by atomic mass is 10.0. The number of likely N-dealkylation sites (N-methyl/N-ethyl adjacent to an activating group) is 1. The molecular weight excluding hydrogens is 542 g/mol. The van der Waals surface area contributed by atoms with Gasteiger partial charge in [0.2, 0.25) is 0 Å². The number of allylic oxidation sites excluding steroid dienone is 2. The van der Waals surface area contributed by atoms with E-state index in [1.807, 2.05) is 0 Å². The number of anilines is 1.